The molecule has 1 N–H and O–H groups in total. The second-order valence-corrected chi connectivity index (χ2v) is 6.41. The second kappa shape index (κ2) is 8.17. The van der Waals surface area contributed by atoms with Crippen LogP contribution in [0.15, 0.2) is 33.9 Å². The van der Waals surface area contributed by atoms with E-state index in [1.54, 1.807) is 6.21 Å². The molecule has 0 spiro atoms. The molecule has 21 heavy (non-hydrogen) atoms. The number of carbonyl (C=O) groups is 1. The minimum absolute atomic E-state index is 0.0315. The van der Waals surface area contributed by atoms with Crippen LogP contribution in [0.4, 0.5) is 0 Å². The predicted molar refractivity (Wildman–Crippen MR) is 87.3 cm³/mol. The molecule has 1 fully saturated rings. The highest BCUT2D eigenvalue weighted by molar-refractivity contribution is 9.10. The number of carbonyl (C=O) groups excluding carboxylic acids is 1. The van der Waals surface area contributed by atoms with Gasteiger partial charge in [-0.1, -0.05) is 53.0 Å². The van der Waals surface area contributed by atoms with Gasteiger partial charge in [0, 0.05) is 10.5 Å². The van der Waals surface area contributed by atoms with Gasteiger partial charge in [-0.3, -0.25) is 4.79 Å². The number of hydrogen-bond acceptors (Lipinski definition) is 3. The van der Waals surface area contributed by atoms with Crippen LogP contribution in [0.1, 0.15) is 38.2 Å². The zero-order valence-electron chi connectivity index (χ0n) is 12.2. The summed E-state index contributed by atoms with van der Waals surface area (Å²) >= 11 is 3.37. The van der Waals surface area contributed by atoms with Crippen LogP contribution < -0.4 is 5.32 Å². The van der Waals surface area contributed by atoms with Crippen molar-refractivity contribution in [3.05, 3.63) is 34.3 Å². The maximum Gasteiger partial charge on any atom is 0.261 e. The van der Waals surface area contributed by atoms with Crippen molar-refractivity contribution in [2.75, 3.05) is 6.61 Å². The highest BCUT2D eigenvalue weighted by Gasteiger charge is 2.22. The lowest BCUT2D eigenvalue weighted by atomic mass is 9.86. The Hall–Kier alpha value is -1.36. The molecule has 1 amide bonds. The van der Waals surface area contributed by atoms with Gasteiger partial charge in [-0.05, 0) is 36.5 Å². The molecule has 0 heterocycles. The van der Waals surface area contributed by atoms with E-state index < -0.39 is 0 Å². The number of amides is 1. The number of halogens is 1. The normalized spacial score (nSPS) is 22.2. The smallest absolute Gasteiger partial charge is 0.261 e. The fourth-order valence-corrected chi connectivity index (χ4v) is 2.79. The maximum atomic E-state index is 11.8. The Morgan fingerprint density at radius 1 is 1.38 bits per heavy atom. The molecule has 4 nitrogen and oxygen atoms in total. The predicted octanol–water partition coefficient (Wildman–Crippen LogP) is 3.49. The van der Waals surface area contributed by atoms with Crippen LogP contribution in [0.25, 0.3) is 0 Å². The van der Waals surface area contributed by atoms with Crippen molar-refractivity contribution in [3.63, 3.8) is 0 Å². The third-order valence-corrected chi connectivity index (χ3v) is 4.33. The molecule has 2 atom stereocenters. The van der Waals surface area contributed by atoms with Crippen molar-refractivity contribution in [2.45, 2.75) is 38.6 Å². The third-order valence-electron chi connectivity index (χ3n) is 3.80. The monoisotopic (exact) mass is 352 g/mol. The largest absolute Gasteiger partial charge is 0.386 e. The Bertz CT molecular complexity index is 488. The SMILES string of the molecule is C[C@H]1CCCC[C@@H]1NC(=O)CO/N=C\c1ccc(Br)cc1. The summed E-state index contributed by atoms with van der Waals surface area (Å²) in [5.74, 6) is 0.454. The first-order chi connectivity index (χ1) is 10.1. The molecular weight excluding hydrogens is 332 g/mol. The maximum absolute atomic E-state index is 11.8. The molecule has 1 aliphatic rings. The van der Waals surface area contributed by atoms with Crippen molar-refractivity contribution in [3.8, 4) is 0 Å². The van der Waals surface area contributed by atoms with Crippen LogP contribution in [0.3, 0.4) is 0 Å². The van der Waals surface area contributed by atoms with Gasteiger partial charge in [0.1, 0.15) is 0 Å². The van der Waals surface area contributed by atoms with Crippen molar-refractivity contribution >= 4 is 28.1 Å². The number of nitrogens with zero attached hydrogens (tertiary/aromatic N) is 1. The van der Waals surface area contributed by atoms with E-state index in [-0.39, 0.29) is 18.6 Å². The molecule has 0 aliphatic heterocycles. The fraction of sp³-hybridized carbons (Fsp3) is 0.500. The lowest BCUT2D eigenvalue weighted by Crippen LogP contribution is -2.42. The van der Waals surface area contributed by atoms with Crippen molar-refractivity contribution in [1.82, 2.24) is 5.32 Å². The summed E-state index contributed by atoms with van der Waals surface area (Å²) in [5, 5.41) is 6.85. The number of nitrogens with one attached hydrogen (secondary N) is 1. The summed E-state index contributed by atoms with van der Waals surface area (Å²) in [4.78, 5) is 16.8. The summed E-state index contributed by atoms with van der Waals surface area (Å²) in [7, 11) is 0. The first-order valence-electron chi connectivity index (χ1n) is 7.35. The number of rotatable bonds is 5. The van der Waals surface area contributed by atoms with Gasteiger partial charge < -0.3 is 10.2 Å². The first kappa shape index (κ1) is 16.0. The Kier molecular flexibility index (Phi) is 6.23. The Morgan fingerprint density at radius 2 is 2.10 bits per heavy atom. The lowest BCUT2D eigenvalue weighted by molar-refractivity contribution is -0.126. The zero-order chi connectivity index (χ0) is 15.1. The number of benzene rings is 1. The summed E-state index contributed by atoms with van der Waals surface area (Å²) < 4.78 is 1.02. The quantitative estimate of drug-likeness (QED) is 0.651. The van der Waals surface area contributed by atoms with E-state index in [1.165, 1.54) is 19.3 Å². The molecule has 2 rings (SSSR count). The van der Waals surface area contributed by atoms with Crippen LogP contribution in [-0.2, 0) is 9.63 Å². The van der Waals surface area contributed by atoms with Crippen LogP contribution >= 0.6 is 15.9 Å². The highest BCUT2D eigenvalue weighted by atomic mass is 79.9. The summed E-state index contributed by atoms with van der Waals surface area (Å²) in [5.41, 5.74) is 0.930. The number of hydrogen-bond donors (Lipinski definition) is 1. The van der Waals surface area contributed by atoms with Crippen LogP contribution in [0, 0.1) is 5.92 Å². The van der Waals surface area contributed by atoms with Crippen molar-refractivity contribution in [1.29, 1.82) is 0 Å². The van der Waals surface area contributed by atoms with E-state index in [9.17, 15) is 4.79 Å². The van der Waals surface area contributed by atoms with Crippen molar-refractivity contribution in [2.24, 2.45) is 11.1 Å². The summed E-state index contributed by atoms with van der Waals surface area (Å²) in [6.07, 6.45) is 6.31. The molecular formula is C16H21BrN2O2. The minimum atomic E-state index is -0.0956. The Balaban J connectivity index is 1.70. The number of oxime groups is 1. The van der Waals surface area contributed by atoms with Gasteiger partial charge in [-0.15, -0.1) is 0 Å². The molecule has 1 saturated carbocycles. The van der Waals surface area contributed by atoms with Gasteiger partial charge in [-0.25, -0.2) is 0 Å². The Labute approximate surface area is 134 Å². The van der Waals surface area contributed by atoms with Gasteiger partial charge in [0.05, 0.1) is 6.21 Å². The average molecular weight is 353 g/mol. The van der Waals surface area contributed by atoms with Crippen molar-refractivity contribution < 1.29 is 9.63 Å². The molecule has 0 unspecified atom stereocenters. The Morgan fingerprint density at radius 3 is 2.81 bits per heavy atom. The summed E-state index contributed by atoms with van der Waals surface area (Å²) in [6, 6.07) is 7.98. The van der Waals surface area contributed by atoms with Gasteiger partial charge in [-0.2, -0.15) is 0 Å². The highest BCUT2D eigenvalue weighted by Crippen LogP contribution is 2.23. The average Bonchev–Trinajstić information content (AvgIpc) is 2.48. The van der Waals surface area contributed by atoms with E-state index in [0.29, 0.717) is 5.92 Å². The standard InChI is InChI=1S/C16H21BrN2O2/c1-12-4-2-3-5-15(12)19-16(20)11-21-18-10-13-6-8-14(17)9-7-13/h6-10,12,15H,2-5,11H2,1H3,(H,19,20)/b18-10-/t12-,15-/m0/s1. The van der Waals surface area contributed by atoms with Crippen LogP contribution in [-0.4, -0.2) is 24.8 Å². The van der Waals surface area contributed by atoms with Crippen LogP contribution in [0.5, 0.6) is 0 Å². The van der Waals surface area contributed by atoms with Gasteiger partial charge in [0.2, 0.25) is 0 Å². The van der Waals surface area contributed by atoms with E-state index in [4.69, 9.17) is 4.84 Å². The third kappa shape index (κ3) is 5.50. The van der Waals surface area contributed by atoms with E-state index in [0.717, 1.165) is 16.5 Å². The second-order valence-electron chi connectivity index (χ2n) is 5.50. The first-order valence-corrected chi connectivity index (χ1v) is 8.15. The van der Waals surface area contributed by atoms with E-state index >= 15 is 0 Å². The molecule has 1 aromatic carbocycles. The molecule has 1 aromatic rings. The lowest BCUT2D eigenvalue weighted by Gasteiger charge is -2.29. The van der Waals surface area contributed by atoms with Gasteiger partial charge in [0.25, 0.3) is 5.91 Å². The minimum Gasteiger partial charge on any atom is -0.386 e. The molecule has 0 bridgehead atoms. The van der Waals surface area contributed by atoms with Crippen LogP contribution in [0.2, 0.25) is 0 Å². The molecule has 0 saturated heterocycles. The molecule has 0 radical (unpaired) electrons. The van der Waals surface area contributed by atoms with Gasteiger partial charge >= 0.3 is 0 Å². The fourth-order valence-electron chi connectivity index (χ4n) is 2.52. The van der Waals surface area contributed by atoms with E-state index in [2.05, 4.69) is 33.3 Å². The molecule has 1 aliphatic carbocycles. The summed E-state index contributed by atoms with van der Waals surface area (Å²) in [6.45, 7) is 2.16. The van der Waals surface area contributed by atoms with E-state index in [1.807, 2.05) is 24.3 Å². The molecule has 0 aromatic heterocycles. The zero-order valence-corrected chi connectivity index (χ0v) is 13.8. The molecule has 114 valence electrons. The topological polar surface area (TPSA) is 50.7 Å². The molecule has 5 heteroatoms. The van der Waals surface area contributed by atoms with Gasteiger partial charge in [0.15, 0.2) is 6.61 Å².